The zero-order valence-electron chi connectivity index (χ0n) is 19.6. The van der Waals surface area contributed by atoms with Gasteiger partial charge in [0.05, 0.1) is 0 Å². The summed E-state index contributed by atoms with van der Waals surface area (Å²) in [5.41, 5.74) is 2.37. The minimum atomic E-state index is -4.83. The van der Waals surface area contributed by atoms with E-state index in [-0.39, 0.29) is 17.1 Å². The Morgan fingerprint density at radius 3 is 2.00 bits per heavy atom. The molecule has 3 aromatic carbocycles. The van der Waals surface area contributed by atoms with Gasteiger partial charge in [-0.15, -0.1) is 13.2 Å². The van der Waals surface area contributed by atoms with E-state index >= 15 is 0 Å². The number of rotatable bonds is 6. The monoisotopic (exact) mass is 490 g/mol. The molecule has 0 radical (unpaired) electrons. The molecule has 0 aliphatic heterocycles. The van der Waals surface area contributed by atoms with Gasteiger partial charge in [0.2, 0.25) is 5.82 Å². The van der Waals surface area contributed by atoms with Crippen molar-refractivity contribution < 1.29 is 31.4 Å². The second-order valence-corrected chi connectivity index (χ2v) is 9.07. The van der Waals surface area contributed by atoms with Crippen molar-refractivity contribution in [3.8, 4) is 28.4 Å². The summed E-state index contributed by atoms with van der Waals surface area (Å²) in [5, 5.41) is 0. The van der Waals surface area contributed by atoms with Gasteiger partial charge in [0.15, 0.2) is 11.6 Å². The first kappa shape index (κ1) is 25.0. The smallest absolute Gasteiger partial charge is 0.454 e. The summed E-state index contributed by atoms with van der Waals surface area (Å²) < 4.78 is 76.0. The van der Waals surface area contributed by atoms with Crippen molar-refractivity contribution >= 4 is 0 Å². The van der Waals surface area contributed by atoms with E-state index in [1.54, 1.807) is 0 Å². The van der Waals surface area contributed by atoms with Crippen LogP contribution in [0.1, 0.15) is 56.1 Å². The molecule has 186 valence electrons. The Bertz CT molecular complexity index is 1150. The lowest BCUT2D eigenvalue weighted by atomic mass is 9.77. The number of hydrogen-bond donors (Lipinski definition) is 0. The summed E-state index contributed by atoms with van der Waals surface area (Å²) in [6.45, 7) is 3.70. The highest BCUT2D eigenvalue weighted by Crippen LogP contribution is 2.41. The van der Waals surface area contributed by atoms with Crippen LogP contribution in [0.15, 0.2) is 54.6 Å². The molecule has 0 amide bonds. The van der Waals surface area contributed by atoms with Gasteiger partial charge < -0.3 is 9.47 Å². The molecule has 1 saturated carbocycles. The van der Waals surface area contributed by atoms with E-state index in [2.05, 4.69) is 11.7 Å². The minimum absolute atomic E-state index is 0.0484. The van der Waals surface area contributed by atoms with Crippen molar-refractivity contribution in [2.75, 3.05) is 0 Å². The first-order valence-electron chi connectivity index (χ1n) is 11.8. The van der Waals surface area contributed by atoms with Crippen molar-refractivity contribution in [1.82, 2.24) is 0 Å². The second kappa shape index (κ2) is 10.3. The van der Waals surface area contributed by atoms with Gasteiger partial charge >= 0.3 is 6.36 Å². The Labute approximate surface area is 201 Å². The highest BCUT2D eigenvalue weighted by atomic mass is 19.4. The van der Waals surface area contributed by atoms with Crippen molar-refractivity contribution in [3.05, 3.63) is 77.4 Å². The van der Waals surface area contributed by atoms with E-state index in [0.717, 1.165) is 30.9 Å². The number of benzene rings is 3. The molecule has 0 unspecified atom stereocenters. The number of alkyl halides is 3. The van der Waals surface area contributed by atoms with Crippen molar-refractivity contribution in [2.24, 2.45) is 5.92 Å². The zero-order valence-corrected chi connectivity index (χ0v) is 19.6. The fraction of sp³-hybridized carbons (Fsp3) is 0.357. The quantitative estimate of drug-likeness (QED) is 0.321. The minimum Gasteiger partial charge on any atom is -0.454 e. The van der Waals surface area contributed by atoms with Crippen molar-refractivity contribution in [1.29, 1.82) is 0 Å². The first-order chi connectivity index (χ1) is 16.6. The van der Waals surface area contributed by atoms with Crippen LogP contribution < -0.4 is 9.47 Å². The van der Waals surface area contributed by atoms with Crippen LogP contribution >= 0.6 is 0 Å². The molecule has 4 rings (SSSR count). The first-order valence-corrected chi connectivity index (χ1v) is 11.8. The van der Waals surface area contributed by atoms with Gasteiger partial charge in [-0.2, -0.15) is 4.39 Å². The zero-order chi connectivity index (χ0) is 25.2. The number of ether oxygens (including phenoxy) is 2. The normalized spacial score (nSPS) is 18.4. The van der Waals surface area contributed by atoms with E-state index in [1.165, 1.54) is 49.9 Å². The highest BCUT2D eigenvalue weighted by Gasteiger charge is 2.31. The molecule has 1 fully saturated rings. The van der Waals surface area contributed by atoms with E-state index in [9.17, 15) is 22.0 Å². The lowest BCUT2D eigenvalue weighted by molar-refractivity contribution is -0.274. The van der Waals surface area contributed by atoms with Crippen LogP contribution in [0, 0.1) is 24.5 Å². The summed E-state index contributed by atoms with van der Waals surface area (Å²) >= 11 is 0. The van der Waals surface area contributed by atoms with Crippen LogP contribution in [0.4, 0.5) is 22.0 Å². The maximum absolute atomic E-state index is 15.0. The van der Waals surface area contributed by atoms with Crippen LogP contribution in [0.25, 0.3) is 11.1 Å². The van der Waals surface area contributed by atoms with Crippen molar-refractivity contribution in [3.63, 3.8) is 0 Å². The number of hydrogen-bond acceptors (Lipinski definition) is 2. The van der Waals surface area contributed by atoms with Crippen LogP contribution in [-0.2, 0) is 0 Å². The number of halogens is 5. The second-order valence-electron chi connectivity index (χ2n) is 9.07. The van der Waals surface area contributed by atoms with Gasteiger partial charge in [-0.1, -0.05) is 37.6 Å². The molecule has 0 aromatic heterocycles. The molecule has 0 N–H and O–H groups in total. The third-order valence-corrected chi connectivity index (χ3v) is 6.74. The van der Waals surface area contributed by atoms with E-state index in [1.807, 2.05) is 24.3 Å². The Morgan fingerprint density at radius 2 is 1.43 bits per heavy atom. The molecule has 0 atom stereocenters. The van der Waals surface area contributed by atoms with Gasteiger partial charge in [0.1, 0.15) is 11.5 Å². The molecule has 35 heavy (non-hydrogen) atoms. The third-order valence-electron chi connectivity index (χ3n) is 6.74. The van der Waals surface area contributed by atoms with Gasteiger partial charge in [0, 0.05) is 5.56 Å². The standard InChI is InChI=1S/C28H27F5O2/c1-3-18-4-6-19(7-5-18)20-8-10-21(11-9-20)24-16-17(2)25(29)26(30)27(24)34-22-12-14-23(15-13-22)35-28(31,32)33/h8-16,18-19H,3-7H2,1-2H3. The average Bonchev–Trinajstić information content (AvgIpc) is 2.84. The van der Waals surface area contributed by atoms with E-state index in [4.69, 9.17) is 4.74 Å². The van der Waals surface area contributed by atoms with Gasteiger partial charge in [-0.25, -0.2) is 4.39 Å². The lowest BCUT2D eigenvalue weighted by Crippen LogP contribution is -2.16. The molecule has 0 heterocycles. The molecule has 0 spiro atoms. The van der Waals surface area contributed by atoms with Gasteiger partial charge in [-0.3, -0.25) is 0 Å². The molecule has 2 nitrogen and oxygen atoms in total. The Morgan fingerprint density at radius 1 is 0.829 bits per heavy atom. The van der Waals surface area contributed by atoms with Crippen LogP contribution in [0.2, 0.25) is 0 Å². The molecular weight excluding hydrogens is 463 g/mol. The van der Waals surface area contributed by atoms with E-state index in [0.29, 0.717) is 17.0 Å². The molecule has 1 aliphatic rings. The lowest BCUT2D eigenvalue weighted by Gasteiger charge is -2.28. The third kappa shape index (κ3) is 5.95. The fourth-order valence-corrected chi connectivity index (χ4v) is 4.72. The summed E-state index contributed by atoms with van der Waals surface area (Å²) in [6.07, 6.45) is 1.10. The Kier molecular flexibility index (Phi) is 7.33. The Hall–Kier alpha value is -3.09. The molecule has 7 heteroatoms. The summed E-state index contributed by atoms with van der Waals surface area (Å²) in [4.78, 5) is 0. The molecule has 1 aliphatic carbocycles. The van der Waals surface area contributed by atoms with Crippen molar-refractivity contribution in [2.45, 2.75) is 58.2 Å². The summed E-state index contributed by atoms with van der Waals surface area (Å²) in [6, 6.07) is 13.8. The largest absolute Gasteiger partial charge is 0.573 e. The van der Waals surface area contributed by atoms with Gasteiger partial charge in [0.25, 0.3) is 0 Å². The molecule has 0 saturated heterocycles. The fourth-order valence-electron chi connectivity index (χ4n) is 4.72. The Balaban J connectivity index is 1.60. The summed E-state index contributed by atoms with van der Waals surface area (Å²) in [5.74, 6) is -1.62. The van der Waals surface area contributed by atoms with Crippen LogP contribution in [-0.4, -0.2) is 6.36 Å². The van der Waals surface area contributed by atoms with Crippen LogP contribution in [0.5, 0.6) is 17.2 Å². The number of aryl methyl sites for hydroxylation is 1. The molecular formula is C28H27F5O2. The SMILES string of the molecule is CCC1CCC(c2ccc(-c3cc(C)c(F)c(F)c3Oc3ccc(OC(F)(F)F)cc3)cc2)CC1. The topological polar surface area (TPSA) is 18.5 Å². The molecule has 3 aromatic rings. The predicted octanol–water partition coefficient (Wildman–Crippen LogP) is 9.31. The summed E-state index contributed by atoms with van der Waals surface area (Å²) in [7, 11) is 0. The van der Waals surface area contributed by atoms with Crippen LogP contribution in [0.3, 0.4) is 0 Å². The average molecular weight is 491 g/mol. The predicted molar refractivity (Wildman–Crippen MR) is 125 cm³/mol. The highest BCUT2D eigenvalue weighted by molar-refractivity contribution is 5.72. The maximum atomic E-state index is 15.0. The van der Waals surface area contributed by atoms with E-state index < -0.39 is 23.7 Å². The van der Waals surface area contributed by atoms with Gasteiger partial charge in [-0.05, 0) is 91.5 Å². The molecule has 0 bridgehead atoms. The maximum Gasteiger partial charge on any atom is 0.573 e.